The number of aryl methyl sites for hydroxylation is 1. The first-order valence-corrected chi connectivity index (χ1v) is 8.29. The quantitative estimate of drug-likeness (QED) is 0.586. The molecule has 0 saturated carbocycles. The van der Waals surface area contributed by atoms with Crippen LogP contribution in [0.1, 0.15) is 23.6 Å². The number of carbonyl (C=O) groups is 1. The molecule has 0 aliphatic carbocycles. The Hall–Kier alpha value is -2.34. The minimum atomic E-state index is -0.194. The van der Waals surface area contributed by atoms with Gasteiger partial charge in [-0.15, -0.1) is 0 Å². The summed E-state index contributed by atoms with van der Waals surface area (Å²) in [5, 5.41) is 13.7. The number of halogens is 1. The molecule has 0 bridgehead atoms. The minimum Gasteiger partial charge on any atom is -0.503 e. The Morgan fingerprint density at radius 1 is 1.29 bits per heavy atom. The lowest BCUT2D eigenvalue weighted by molar-refractivity contribution is -0.120. The summed E-state index contributed by atoms with van der Waals surface area (Å²) >= 11 is 3.24. The van der Waals surface area contributed by atoms with E-state index in [2.05, 4.69) is 33.4 Å². The van der Waals surface area contributed by atoms with Gasteiger partial charge in [-0.3, -0.25) is 4.79 Å². The fraction of sp³-hybridized carbons (Fsp3) is 0.222. The molecule has 0 unspecified atom stereocenters. The third-order valence-corrected chi connectivity index (χ3v) is 4.07. The first-order chi connectivity index (χ1) is 11.5. The van der Waals surface area contributed by atoms with Crippen LogP contribution in [0.4, 0.5) is 0 Å². The highest BCUT2D eigenvalue weighted by atomic mass is 79.9. The van der Waals surface area contributed by atoms with E-state index < -0.39 is 0 Å². The molecule has 0 aliphatic heterocycles. The number of ether oxygens (including phenoxy) is 1. The van der Waals surface area contributed by atoms with Crippen molar-refractivity contribution in [2.75, 3.05) is 7.11 Å². The third kappa shape index (κ3) is 4.83. The average molecular weight is 391 g/mol. The van der Waals surface area contributed by atoms with Gasteiger partial charge in [-0.1, -0.05) is 31.2 Å². The molecule has 0 aliphatic rings. The van der Waals surface area contributed by atoms with E-state index in [1.54, 1.807) is 12.1 Å². The minimum absolute atomic E-state index is 0.0224. The van der Waals surface area contributed by atoms with Gasteiger partial charge in [-0.2, -0.15) is 5.10 Å². The van der Waals surface area contributed by atoms with Gasteiger partial charge in [0.1, 0.15) is 0 Å². The lowest BCUT2D eigenvalue weighted by atomic mass is 10.1. The number of aromatic hydroxyl groups is 1. The van der Waals surface area contributed by atoms with Crippen molar-refractivity contribution in [3.63, 3.8) is 0 Å². The summed E-state index contributed by atoms with van der Waals surface area (Å²) < 4.78 is 5.55. The number of hydrogen-bond acceptors (Lipinski definition) is 4. The van der Waals surface area contributed by atoms with Gasteiger partial charge in [0.05, 0.1) is 24.2 Å². The van der Waals surface area contributed by atoms with Crippen LogP contribution < -0.4 is 10.2 Å². The second-order valence-corrected chi connectivity index (χ2v) is 6.05. The highest BCUT2D eigenvalue weighted by Gasteiger charge is 2.07. The van der Waals surface area contributed by atoms with E-state index in [1.807, 2.05) is 24.3 Å². The van der Waals surface area contributed by atoms with Crippen molar-refractivity contribution < 1.29 is 14.6 Å². The molecule has 6 heteroatoms. The fourth-order valence-electron chi connectivity index (χ4n) is 2.12. The Labute approximate surface area is 149 Å². The third-order valence-electron chi connectivity index (χ3n) is 3.47. The predicted molar refractivity (Wildman–Crippen MR) is 97.6 cm³/mol. The number of hydrogen-bond donors (Lipinski definition) is 2. The molecule has 0 fully saturated rings. The Balaban J connectivity index is 1.95. The molecule has 126 valence electrons. The first kappa shape index (κ1) is 18.0. The number of phenolic OH excluding ortho intramolecular Hbond substituents is 1. The Bertz CT molecular complexity index is 743. The zero-order valence-corrected chi connectivity index (χ0v) is 15.1. The molecule has 0 saturated heterocycles. The van der Waals surface area contributed by atoms with E-state index in [-0.39, 0.29) is 18.1 Å². The highest BCUT2D eigenvalue weighted by Crippen LogP contribution is 2.34. The van der Waals surface area contributed by atoms with Crippen molar-refractivity contribution in [3.05, 3.63) is 57.6 Å². The van der Waals surface area contributed by atoms with Gasteiger partial charge in [0, 0.05) is 0 Å². The van der Waals surface area contributed by atoms with E-state index in [1.165, 1.54) is 18.9 Å². The lowest BCUT2D eigenvalue weighted by Gasteiger charge is -2.06. The number of rotatable bonds is 6. The van der Waals surface area contributed by atoms with Gasteiger partial charge in [-0.25, -0.2) is 5.43 Å². The SMILES string of the molecule is CCc1ccc(CC(=O)N/N=C/c2cc(Br)c(O)c(OC)c2)cc1. The predicted octanol–water partition coefficient (Wildman–Crippen LogP) is 3.42. The molecule has 0 spiro atoms. The molecule has 2 rings (SSSR count). The van der Waals surface area contributed by atoms with Crippen molar-refractivity contribution in [2.45, 2.75) is 19.8 Å². The number of nitrogens with zero attached hydrogens (tertiary/aromatic N) is 1. The number of methoxy groups -OCH3 is 1. The Morgan fingerprint density at radius 3 is 2.58 bits per heavy atom. The number of hydrazone groups is 1. The van der Waals surface area contributed by atoms with E-state index in [9.17, 15) is 9.90 Å². The summed E-state index contributed by atoms with van der Waals surface area (Å²) in [7, 11) is 1.47. The number of benzene rings is 2. The molecule has 2 aromatic carbocycles. The fourth-order valence-corrected chi connectivity index (χ4v) is 2.58. The summed E-state index contributed by atoms with van der Waals surface area (Å²) in [6, 6.07) is 11.2. The van der Waals surface area contributed by atoms with Gasteiger partial charge in [0.2, 0.25) is 5.91 Å². The molecule has 0 aromatic heterocycles. The molecule has 2 N–H and O–H groups in total. The van der Waals surface area contributed by atoms with Crippen LogP contribution in [0.5, 0.6) is 11.5 Å². The highest BCUT2D eigenvalue weighted by molar-refractivity contribution is 9.10. The van der Waals surface area contributed by atoms with E-state index in [0.717, 1.165) is 12.0 Å². The average Bonchev–Trinajstić information content (AvgIpc) is 2.58. The molecule has 0 heterocycles. The molecule has 0 atom stereocenters. The standard InChI is InChI=1S/C18H19BrN2O3/c1-3-12-4-6-13(7-5-12)10-17(22)21-20-11-14-8-15(19)18(23)16(9-14)24-2/h4-9,11,23H,3,10H2,1-2H3,(H,21,22)/b20-11+. The van der Waals surface area contributed by atoms with E-state index >= 15 is 0 Å². The van der Waals surface area contributed by atoms with Crippen molar-refractivity contribution in [1.29, 1.82) is 0 Å². The smallest absolute Gasteiger partial charge is 0.244 e. The maximum atomic E-state index is 11.9. The molecule has 5 nitrogen and oxygen atoms in total. The molecule has 24 heavy (non-hydrogen) atoms. The summed E-state index contributed by atoms with van der Waals surface area (Å²) in [5.41, 5.74) is 5.35. The van der Waals surface area contributed by atoms with E-state index in [0.29, 0.717) is 15.8 Å². The summed E-state index contributed by atoms with van der Waals surface area (Å²) in [4.78, 5) is 11.9. The van der Waals surface area contributed by atoms with Crippen LogP contribution in [0.25, 0.3) is 0 Å². The Morgan fingerprint density at radius 2 is 1.96 bits per heavy atom. The van der Waals surface area contributed by atoms with Crippen molar-refractivity contribution in [3.8, 4) is 11.5 Å². The summed E-state index contributed by atoms with van der Waals surface area (Å²) in [5.74, 6) is 0.155. The first-order valence-electron chi connectivity index (χ1n) is 7.49. The van der Waals surface area contributed by atoms with Crippen LogP contribution in [0, 0.1) is 0 Å². The largest absolute Gasteiger partial charge is 0.503 e. The Kier molecular flexibility index (Phi) is 6.37. The van der Waals surface area contributed by atoms with Gasteiger partial charge in [-0.05, 0) is 51.2 Å². The number of nitrogens with one attached hydrogen (secondary N) is 1. The molecular formula is C18H19BrN2O3. The van der Waals surface area contributed by atoms with Crippen LogP contribution in [0.2, 0.25) is 0 Å². The van der Waals surface area contributed by atoms with Gasteiger partial charge >= 0.3 is 0 Å². The number of phenols is 1. The van der Waals surface area contributed by atoms with Gasteiger partial charge in [0.15, 0.2) is 11.5 Å². The van der Waals surface area contributed by atoms with Crippen molar-refractivity contribution in [2.24, 2.45) is 5.10 Å². The van der Waals surface area contributed by atoms with Gasteiger partial charge < -0.3 is 9.84 Å². The monoisotopic (exact) mass is 390 g/mol. The van der Waals surface area contributed by atoms with E-state index in [4.69, 9.17) is 4.74 Å². The maximum absolute atomic E-state index is 11.9. The van der Waals surface area contributed by atoms with Crippen LogP contribution in [-0.2, 0) is 17.6 Å². The maximum Gasteiger partial charge on any atom is 0.244 e. The topological polar surface area (TPSA) is 70.9 Å². The zero-order valence-electron chi connectivity index (χ0n) is 13.5. The van der Waals surface area contributed by atoms with Crippen LogP contribution in [0.3, 0.4) is 0 Å². The van der Waals surface area contributed by atoms with Crippen LogP contribution >= 0.6 is 15.9 Å². The van der Waals surface area contributed by atoms with Crippen molar-refractivity contribution in [1.82, 2.24) is 5.43 Å². The summed E-state index contributed by atoms with van der Waals surface area (Å²) in [6.07, 6.45) is 2.73. The number of amides is 1. The molecule has 0 radical (unpaired) electrons. The molecular weight excluding hydrogens is 372 g/mol. The number of carbonyl (C=O) groups excluding carboxylic acids is 1. The molecule has 1 amide bonds. The van der Waals surface area contributed by atoms with Gasteiger partial charge in [0.25, 0.3) is 0 Å². The van der Waals surface area contributed by atoms with Crippen LogP contribution in [-0.4, -0.2) is 24.3 Å². The molecule has 2 aromatic rings. The normalized spacial score (nSPS) is 10.8. The lowest BCUT2D eigenvalue weighted by Crippen LogP contribution is -2.19. The van der Waals surface area contributed by atoms with Crippen molar-refractivity contribution >= 4 is 28.1 Å². The zero-order chi connectivity index (χ0) is 17.5. The van der Waals surface area contributed by atoms with Crippen LogP contribution in [0.15, 0.2) is 46.0 Å². The summed E-state index contributed by atoms with van der Waals surface area (Å²) in [6.45, 7) is 2.09. The second kappa shape index (κ2) is 8.49. The second-order valence-electron chi connectivity index (χ2n) is 5.19.